The number of aromatic nitrogens is 1. The van der Waals surface area contributed by atoms with E-state index in [1.807, 2.05) is 36.5 Å². The number of rotatable bonds is 6. The van der Waals surface area contributed by atoms with Crippen LogP contribution in [0.5, 0.6) is 0 Å². The molecule has 1 amide bonds. The lowest BCUT2D eigenvalue weighted by Crippen LogP contribution is -2.35. The van der Waals surface area contributed by atoms with Crippen LogP contribution in [0.2, 0.25) is 0 Å². The van der Waals surface area contributed by atoms with Gasteiger partial charge < -0.3 is 11.1 Å². The standard InChI is InChI=1S/C15H19N3OS/c1-2-12-10-18-13(20-12)8-9-17-15(19)14(16)11-6-4-3-5-7-11/h3-7,10,14H,2,8-9,16H2,1H3,(H,17,19). The van der Waals surface area contributed by atoms with Crippen LogP contribution in [0.4, 0.5) is 0 Å². The summed E-state index contributed by atoms with van der Waals surface area (Å²) in [6, 6.07) is 8.77. The Labute approximate surface area is 123 Å². The quantitative estimate of drug-likeness (QED) is 0.855. The molecule has 1 atom stereocenters. The monoisotopic (exact) mass is 289 g/mol. The van der Waals surface area contributed by atoms with Gasteiger partial charge in [-0.1, -0.05) is 37.3 Å². The summed E-state index contributed by atoms with van der Waals surface area (Å²) in [6.07, 6.45) is 3.65. The van der Waals surface area contributed by atoms with E-state index in [1.54, 1.807) is 11.3 Å². The number of thiazole rings is 1. The largest absolute Gasteiger partial charge is 0.354 e. The first-order valence-corrected chi connectivity index (χ1v) is 7.54. The van der Waals surface area contributed by atoms with Crippen LogP contribution >= 0.6 is 11.3 Å². The predicted molar refractivity (Wildman–Crippen MR) is 81.6 cm³/mol. The van der Waals surface area contributed by atoms with Gasteiger partial charge in [-0.05, 0) is 12.0 Å². The first kappa shape index (κ1) is 14.7. The second kappa shape index (κ2) is 7.17. The van der Waals surface area contributed by atoms with Crippen LogP contribution in [0, 0.1) is 0 Å². The number of hydrogen-bond donors (Lipinski definition) is 2. The van der Waals surface area contributed by atoms with Crippen LogP contribution in [0.3, 0.4) is 0 Å². The first-order valence-electron chi connectivity index (χ1n) is 6.72. The van der Waals surface area contributed by atoms with Crippen LogP contribution in [0.25, 0.3) is 0 Å². The van der Waals surface area contributed by atoms with Crippen molar-refractivity contribution in [2.45, 2.75) is 25.8 Å². The van der Waals surface area contributed by atoms with Crippen molar-refractivity contribution in [2.24, 2.45) is 5.73 Å². The molecule has 1 aromatic carbocycles. The molecular formula is C15H19N3OS. The van der Waals surface area contributed by atoms with Gasteiger partial charge in [0.05, 0.1) is 5.01 Å². The Morgan fingerprint density at radius 1 is 1.40 bits per heavy atom. The van der Waals surface area contributed by atoms with Gasteiger partial charge in [-0.15, -0.1) is 11.3 Å². The number of nitrogens with one attached hydrogen (secondary N) is 1. The minimum atomic E-state index is -0.612. The van der Waals surface area contributed by atoms with Crippen molar-refractivity contribution in [3.8, 4) is 0 Å². The van der Waals surface area contributed by atoms with E-state index in [0.717, 1.165) is 23.4 Å². The highest BCUT2D eigenvalue weighted by Gasteiger charge is 2.14. The third-order valence-electron chi connectivity index (χ3n) is 3.03. The van der Waals surface area contributed by atoms with E-state index in [9.17, 15) is 4.79 Å². The maximum absolute atomic E-state index is 11.9. The third-order valence-corrected chi connectivity index (χ3v) is 4.23. The molecule has 0 saturated carbocycles. The number of carbonyl (C=O) groups excluding carboxylic acids is 1. The molecule has 3 N–H and O–H groups in total. The second-order valence-corrected chi connectivity index (χ2v) is 5.70. The van der Waals surface area contributed by atoms with E-state index in [0.29, 0.717) is 6.54 Å². The summed E-state index contributed by atoms with van der Waals surface area (Å²) < 4.78 is 0. The molecule has 0 fully saturated rings. The summed E-state index contributed by atoms with van der Waals surface area (Å²) in [5.41, 5.74) is 6.74. The number of carbonyl (C=O) groups is 1. The van der Waals surface area contributed by atoms with Gasteiger partial charge >= 0.3 is 0 Å². The fraction of sp³-hybridized carbons (Fsp3) is 0.333. The van der Waals surface area contributed by atoms with Crippen LogP contribution in [-0.2, 0) is 17.6 Å². The fourth-order valence-electron chi connectivity index (χ4n) is 1.84. The van der Waals surface area contributed by atoms with Crippen LogP contribution in [-0.4, -0.2) is 17.4 Å². The zero-order valence-corrected chi connectivity index (χ0v) is 12.3. The maximum Gasteiger partial charge on any atom is 0.241 e. The molecule has 0 saturated heterocycles. The predicted octanol–water partition coefficient (Wildman–Crippen LogP) is 2.06. The van der Waals surface area contributed by atoms with Gasteiger partial charge in [0.2, 0.25) is 5.91 Å². The molecule has 20 heavy (non-hydrogen) atoms. The Kier molecular flexibility index (Phi) is 5.26. The van der Waals surface area contributed by atoms with Crippen molar-refractivity contribution in [2.75, 3.05) is 6.54 Å². The molecule has 0 radical (unpaired) electrons. The van der Waals surface area contributed by atoms with Gasteiger partial charge in [0.25, 0.3) is 0 Å². The van der Waals surface area contributed by atoms with Crippen LogP contribution < -0.4 is 11.1 Å². The van der Waals surface area contributed by atoms with Gasteiger partial charge in [0.1, 0.15) is 6.04 Å². The molecule has 0 spiro atoms. The molecular weight excluding hydrogens is 270 g/mol. The number of aryl methyl sites for hydroxylation is 1. The van der Waals surface area contributed by atoms with Crippen LogP contribution in [0.1, 0.15) is 28.4 Å². The molecule has 1 aromatic heterocycles. The summed E-state index contributed by atoms with van der Waals surface area (Å²) in [6.45, 7) is 2.67. The molecule has 0 aliphatic carbocycles. The van der Waals surface area contributed by atoms with Gasteiger partial charge in [0.15, 0.2) is 0 Å². The lowest BCUT2D eigenvalue weighted by molar-refractivity contribution is -0.122. The van der Waals surface area contributed by atoms with Crippen molar-refractivity contribution in [1.29, 1.82) is 0 Å². The Balaban J connectivity index is 1.80. The summed E-state index contributed by atoms with van der Waals surface area (Å²) in [5.74, 6) is -0.150. The minimum absolute atomic E-state index is 0.150. The Morgan fingerprint density at radius 3 is 2.80 bits per heavy atom. The highest BCUT2D eigenvalue weighted by Crippen LogP contribution is 2.13. The van der Waals surface area contributed by atoms with Crippen molar-refractivity contribution in [3.05, 3.63) is 52.0 Å². The lowest BCUT2D eigenvalue weighted by atomic mass is 10.1. The van der Waals surface area contributed by atoms with Gasteiger partial charge in [-0.25, -0.2) is 4.98 Å². The normalized spacial score (nSPS) is 12.1. The number of amides is 1. The molecule has 0 aliphatic heterocycles. The van der Waals surface area contributed by atoms with E-state index in [4.69, 9.17) is 5.73 Å². The molecule has 1 unspecified atom stereocenters. The molecule has 106 valence electrons. The van der Waals surface area contributed by atoms with Crippen molar-refractivity contribution < 1.29 is 4.79 Å². The smallest absolute Gasteiger partial charge is 0.241 e. The average Bonchev–Trinajstić information content (AvgIpc) is 2.95. The minimum Gasteiger partial charge on any atom is -0.354 e. The van der Waals surface area contributed by atoms with E-state index < -0.39 is 6.04 Å². The summed E-state index contributed by atoms with van der Waals surface area (Å²) in [5, 5.41) is 3.91. The van der Waals surface area contributed by atoms with E-state index >= 15 is 0 Å². The van der Waals surface area contributed by atoms with E-state index in [-0.39, 0.29) is 5.91 Å². The Hall–Kier alpha value is -1.72. The number of hydrogen-bond acceptors (Lipinski definition) is 4. The molecule has 1 heterocycles. The van der Waals surface area contributed by atoms with Crippen molar-refractivity contribution in [1.82, 2.24) is 10.3 Å². The zero-order valence-electron chi connectivity index (χ0n) is 11.5. The molecule has 5 heteroatoms. The fourth-order valence-corrected chi connectivity index (χ4v) is 2.70. The van der Waals surface area contributed by atoms with Crippen molar-refractivity contribution >= 4 is 17.2 Å². The van der Waals surface area contributed by atoms with Gasteiger partial charge in [-0.2, -0.15) is 0 Å². The number of nitrogens with two attached hydrogens (primary N) is 1. The SMILES string of the molecule is CCc1cnc(CCNC(=O)C(N)c2ccccc2)s1. The maximum atomic E-state index is 11.9. The van der Waals surface area contributed by atoms with E-state index in [1.165, 1.54) is 4.88 Å². The van der Waals surface area contributed by atoms with Crippen molar-refractivity contribution in [3.63, 3.8) is 0 Å². The van der Waals surface area contributed by atoms with E-state index in [2.05, 4.69) is 17.2 Å². The summed E-state index contributed by atoms with van der Waals surface area (Å²) >= 11 is 1.70. The molecule has 2 rings (SSSR count). The Bertz CT molecular complexity index is 553. The lowest BCUT2D eigenvalue weighted by Gasteiger charge is -2.11. The summed E-state index contributed by atoms with van der Waals surface area (Å²) in [7, 11) is 0. The van der Waals surface area contributed by atoms with Gasteiger partial charge in [0, 0.05) is 24.0 Å². The molecule has 0 aliphatic rings. The highest BCUT2D eigenvalue weighted by atomic mass is 32.1. The molecule has 4 nitrogen and oxygen atoms in total. The second-order valence-electron chi connectivity index (χ2n) is 4.50. The van der Waals surface area contributed by atoms with Gasteiger partial charge in [-0.3, -0.25) is 4.79 Å². The average molecular weight is 289 g/mol. The first-order chi connectivity index (χ1) is 9.70. The van der Waals surface area contributed by atoms with Crippen LogP contribution in [0.15, 0.2) is 36.5 Å². The number of nitrogens with zero attached hydrogens (tertiary/aromatic N) is 1. The third kappa shape index (κ3) is 3.88. The molecule has 0 bridgehead atoms. The Morgan fingerprint density at radius 2 is 2.15 bits per heavy atom. The number of benzene rings is 1. The zero-order chi connectivity index (χ0) is 14.4. The topological polar surface area (TPSA) is 68.0 Å². The summed E-state index contributed by atoms with van der Waals surface area (Å²) in [4.78, 5) is 17.5. The molecule has 2 aromatic rings. The highest BCUT2D eigenvalue weighted by molar-refractivity contribution is 7.11.